The van der Waals surface area contributed by atoms with Crippen molar-refractivity contribution in [3.63, 3.8) is 0 Å². The molecule has 0 fully saturated rings. The molecule has 1 aromatic heterocycles. The lowest BCUT2D eigenvalue weighted by Gasteiger charge is -1.99. The Labute approximate surface area is 74.8 Å². The molecule has 0 aromatic carbocycles. The predicted molar refractivity (Wildman–Crippen MR) is 42.9 cm³/mol. The van der Waals surface area contributed by atoms with E-state index in [4.69, 9.17) is 0 Å². The van der Waals surface area contributed by atoms with Gasteiger partial charge < -0.3 is 4.74 Å². The first kappa shape index (κ1) is 9.31. The van der Waals surface area contributed by atoms with E-state index in [0.29, 0.717) is 12.2 Å². The highest BCUT2D eigenvalue weighted by atomic mass is 16.5. The van der Waals surface area contributed by atoms with Crippen LogP contribution in [-0.2, 0) is 16.1 Å². The Kier molecular flexibility index (Phi) is 3.08. The number of carbonyl (C=O) groups excluding carboxylic acids is 2. The molecule has 13 heavy (non-hydrogen) atoms. The molecule has 0 saturated carbocycles. The highest BCUT2D eigenvalue weighted by molar-refractivity contribution is 5.91. The van der Waals surface area contributed by atoms with Crippen LogP contribution in [0.4, 0.5) is 0 Å². The van der Waals surface area contributed by atoms with Crippen LogP contribution in [-0.4, -0.2) is 22.2 Å². The van der Waals surface area contributed by atoms with Crippen molar-refractivity contribution in [1.29, 1.82) is 0 Å². The third-order valence-electron chi connectivity index (χ3n) is 1.34. The maximum atomic E-state index is 10.9. The molecule has 0 aliphatic rings. The Bertz CT molecular complexity index is 325. The fraction of sp³-hybridized carbons (Fsp3) is 0.250. The lowest BCUT2D eigenvalue weighted by Crippen LogP contribution is -2.02. The van der Waals surface area contributed by atoms with Crippen LogP contribution in [0.5, 0.6) is 0 Å². The van der Waals surface area contributed by atoms with Crippen LogP contribution >= 0.6 is 0 Å². The first-order valence-electron chi connectivity index (χ1n) is 3.61. The quantitative estimate of drug-likeness (QED) is 0.494. The van der Waals surface area contributed by atoms with Crippen molar-refractivity contribution in [3.05, 3.63) is 23.8 Å². The Hall–Kier alpha value is -1.78. The Morgan fingerprint density at radius 2 is 2.38 bits per heavy atom. The van der Waals surface area contributed by atoms with Crippen molar-refractivity contribution in [2.75, 3.05) is 0 Å². The highest BCUT2D eigenvalue weighted by Gasteiger charge is 2.02. The Morgan fingerprint density at radius 3 is 3.00 bits per heavy atom. The van der Waals surface area contributed by atoms with E-state index in [0.717, 1.165) is 0 Å². The van der Waals surface area contributed by atoms with Crippen LogP contribution in [0.15, 0.2) is 12.4 Å². The normalized spacial score (nSPS) is 9.31. The molecule has 68 valence electrons. The van der Waals surface area contributed by atoms with Gasteiger partial charge in [0.05, 0.1) is 18.1 Å². The molecule has 0 amide bonds. The van der Waals surface area contributed by atoms with Crippen molar-refractivity contribution in [3.8, 4) is 0 Å². The van der Waals surface area contributed by atoms with Gasteiger partial charge in [0.25, 0.3) is 6.47 Å². The van der Waals surface area contributed by atoms with Crippen molar-refractivity contribution in [2.45, 2.75) is 13.5 Å². The molecule has 0 unspecified atom stereocenters. The maximum absolute atomic E-state index is 10.9. The summed E-state index contributed by atoms with van der Waals surface area (Å²) in [5.74, 6) is -0.166. The van der Waals surface area contributed by atoms with Crippen LogP contribution in [0.1, 0.15) is 23.1 Å². The standard InChI is InChI=1S/C8H8N2O3/c1-6(12)8-3-9-2-7(10-8)4-13-5-11/h2-3,5H,4H2,1H3. The summed E-state index contributed by atoms with van der Waals surface area (Å²) >= 11 is 0. The molecule has 5 nitrogen and oxygen atoms in total. The van der Waals surface area contributed by atoms with Crippen LogP contribution in [0, 0.1) is 0 Å². The number of Topliss-reactive ketones (excluding diaryl/α,β-unsaturated/α-hetero) is 1. The molecule has 5 heteroatoms. The van der Waals surface area contributed by atoms with Crippen LogP contribution in [0.2, 0.25) is 0 Å². The van der Waals surface area contributed by atoms with Gasteiger partial charge in [-0.2, -0.15) is 0 Å². The van der Waals surface area contributed by atoms with E-state index in [1.54, 1.807) is 0 Å². The van der Waals surface area contributed by atoms with E-state index in [-0.39, 0.29) is 18.1 Å². The third-order valence-corrected chi connectivity index (χ3v) is 1.34. The smallest absolute Gasteiger partial charge is 0.293 e. The fourth-order valence-corrected chi connectivity index (χ4v) is 0.765. The van der Waals surface area contributed by atoms with Gasteiger partial charge in [0, 0.05) is 6.92 Å². The predicted octanol–water partition coefficient (Wildman–Crippen LogP) is 0.352. The van der Waals surface area contributed by atoms with Crippen molar-refractivity contribution < 1.29 is 14.3 Å². The minimum Gasteiger partial charge on any atom is -0.461 e. The lowest BCUT2D eigenvalue weighted by atomic mass is 10.3. The number of hydrogen-bond acceptors (Lipinski definition) is 5. The average Bonchev–Trinajstić information content (AvgIpc) is 2.15. The second kappa shape index (κ2) is 4.30. The summed E-state index contributed by atoms with van der Waals surface area (Å²) in [6, 6.07) is 0. The molecule has 1 rings (SSSR count). The molecule has 1 heterocycles. The van der Waals surface area contributed by atoms with Gasteiger partial charge in [-0.15, -0.1) is 0 Å². The first-order chi connectivity index (χ1) is 6.24. The minimum atomic E-state index is -0.166. The lowest BCUT2D eigenvalue weighted by molar-refractivity contribution is -0.129. The minimum absolute atomic E-state index is 0.0393. The van der Waals surface area contributed by atoms with E-state index in [9.17, 15) is 9.59 Å². The molecule has 0 saturated heterocycles. The zero-order valence-electron chi connectivity index (χ0n) is 7.06. The summed E-state index contributed by atoms with van der Waals surface area (Å²) in [6.07, 6.45) is 2.81. The largest absolute Gasteiger partial charge is 0.461 e. The summed E-state index contributed by atoms with van der Waals surface area (Å²) in [5.41, 5.74) is 0.729. The number of ether oxygens (including phenoxy) is 1. The first-order valence-corrected chi connectivity index (χ1v) is 3.61. The van der Waals surface area contributed by atoms with E-state index >= 15 is 0 Å². The van der Waals surface area contributed by atoms with Gasteiger partial charge in [-0.25, -0.2) is 4.98 Å². The van der Waals surface area contributed by atoms with E-state index in [1.165, 1.54) is 19.3 Å². The Balaban J connectivity index is 2.79. The number of nitrogens with zero attached hydrogens (tertiary/aromatic N) is 2. The molecule has 0 N–H and O–H groups in total. The molecular weight excluding hydrogens is 172 g/mol. The van der Waals surface area contributed by atoms with E-state index in [2.05, 4.69) is 14.7 Å². The van der Waals surface area contributed by atoms with Gasteiger partial charge >= 0.3 is 0 Å². The third kappa shape index (κ3) is 2.62. The summed E-state index contributed by atoms with van der Waals surface area (Å²) < 4.78 is 4.46. The van der Waals surface area contributed by atoms with Gasteiger partial charge in [0.15, 0.2) is 5.78 Å². The molecule has 0 aliphatic heterocycles. The fourth-order valence-electron chi connectivity index (χ4n) is 0.765. The zero-order valence-corrected chi connectivity index (χ0v) is 7.06. The molecule has 1 aromatic rings. The molecule has 0 aliphatic carbocycles. The number of hydrogen-bond donors (Lipinski definition) is 0. The van der Waals surface area contributed by atoms with E-state index in [1.807, 2.05) is 0 Å². The monoisotopic (exact) mass is 180 g/mol. The van der Waals surface area contributed by atoms with Crippen LogP contribution in [0.25, 0.3) is 0 Å². The van der Waals surface area contributed by atoms with Crippen molar-refractivity contribution in [2.24, 2.45) is 0 Å². The molecule has 0 bridgehead atoms. The highest BCUT2D eigenvalue weighted by Crippen LogP contribution is 1.98. The summed E-state index contributed by atoms with van der Waals surface area (Å²) in [6.45, 7) is 1.76. The van der Waals surface area contributed by atoms with Gasteiger partial charge in [-0.1, -0.05) is 0 Å². The number of rotatable bonds is 4. The second-order valence-electron chi connectivity index (χ2n) is 2.36. The zero-order chi connectivity index (χ0) is 9.68. The molecule has 0 radical (unpaired) electrons. The van der Waals surface area contributed by atoms with Crippen LogP contribution < -0.4 is 0 Å². The summed E-state index contributed by atoms with van der Waals surface area (Å²) in [5, 5.41) is 0. The SMILES string of the molecule is CC(=O)c1cncc(COC=O)n1. The topological polar surface area (TPSA) is 69.2 Å². The average molecular weight is 180 g/mol. The van der Waals surface area contributed by atoms with E-state index < -0.39 is 0 Å². The number of ketones is 1. The maximum Gasteiger partial charge on any atom is 0.293 e. The van der Waals surface area contributed by atoms with Crippen molar-refractivity contribution >= 4 is 12.3 Å². The molecule has 0 spiro atoms. The van der Waals surface area contributed by atoms with Gasteiger partial charge in [-0.05, 0) is 0 Å². The summed E-state index contributed by atoms with van der Waals surface area (Å²) in [4.78, 5) is 28.4. The number of carbonyl (C=O) groups is 2. The Morgan fingerprint density at radius 1 is 1.62 bits per heavy atom. The molecular formula is C8H8N2O3. The summed E-state index contributed by atoms with van der Waals surface area (Å²) in [7, 11) is 0. The van der Waals surface area contributed by atoms with Crippen LogP contribution in [0.3, 0.4) is 0 Å². The van der Waals surface area contributed by atoms with Gasteiger partial charge in [0.1, 0.15) is 12.3 Å². The van der Waals surface area contributed by atoms with Crippen molar-refractivity contribution in [1.82, 2.24) is 9.97 Å². The second-order valence-corrected chi connectivity index (χ2v) is 2.36. The van der Waals surface area contributed by atoms with Gasteiger partial charge in [-0.3, -0.25) is 14.6 Å². The number of aromatic nitrogens is 2. The van der Waals surface area contributed by atoms with Gasteiger partial charge in [0.2, 0.25) is 0 Å². The molecule has 0 atom stereocenters.